The first kappa shape index (κ1) is 21.6. The molecule has 2 rings (SSSR count). The molecule has 0 fully saturated rings. The Hall–Kier alpha value is -3.74. The van der Waals surface area contributed by atoms with Crippen molar-refractivity contribution in [2.24, 2.45) is 0 Å². The molecule has 0 bridgehead atoms. The molecule has 0 heterocycles. The Labute approximate surface area is 168 Å². The van der Waals surface area contributed by atoms with Crippen LogP contribution in [0.3, 0.4) is 0 Å². The molecule has 0 unspecified atom stereocenters. The van der Waals surface area contributed by atoms with Crippen molar-refractivity contribution in [2.75, 3.05) is 17.2 Å². The number of carbonyl (C=O) groups is 4. The van der Waals surface area contributed by atoms with E-state index < -0.39 is 18.4 Å². The van der Waals surface area contributed by atoms with Gasteiger partial charge in [-0.15, -0.1) is 0 Å². The third-order valence-electron chi connectivity index (χ3n) is 3.75. The highest BCUT2D eigenvalue weighted by Gasteiger charge is 2.15. The zero-order chi connectivity index (χ0) is 21.4. The molecule has 0 aliphatic carbocycles. The number of rotatable bonds is 7. The fraction of sp³-hybridized carbons (Fsp3) is 0.182. The van der Waals surface area contributed by atoms with Crippen LogP contribution in [0.15, 0.2) is 48.5 Å². The van der Waals surface area contributed by atoms with Crippen LogP contribution in [0.5, 0.6) is 0 Å². The van der Waals surface area contributed by atoms with Gasteiger partial charge >= 0.3 is 5.97 Å². The molecule has 150 valence electrons. The van der Waals surface area contributed by atoms with E-state index in [-0.39, 0.29) is 23.1 Å². The summed E-state index contributed by atoms with van der Waals surface area (Å²) in [5, 5.41) is 5.12. The fourth-order valence-electron chi connectivity index (χ4n) is 2.56. The summed E-state index contributed by atoms with van der Waals surface area (Å²) in [6.45, 7) is 4.11. The SMILES string of the molecule is CC(=O)Nc1ccc(C(=O)COC(=O)/C=C/c2cccc(C)c2)c(NC(C)=O)c1. The van der Waals surface area contributed by atoms with Crippen LogP contribution in [0.1, 0.15) is 35.3 Å². The maximum Gasteiger partial charge on any atom is 0.331 e. The van der Waals surface area contributed by atoms with E-state index in [0.717, 1.165) is 11.1 Å². The maximum absolute atomic E-state index is 12.5. The van der Waals surface area contributed by atoms with Crippen molar-refractivity contribution >= 4 is 41.0 Å². The summed E-state index contributed by atoms with van der Waals surface area (Å²) >= 11 is 0. The first-order valence-corrected chi connectivity index (χ1v) is 8.88. The molecule has 29 heavy (non-hydrogen) atoms. The van der Waals surface area contributed by atoms with Gasteiger partial charge in [0.1, 0.15) is 0 Å². The van der Waals surface area contributed by atoms with Crippen LogP contribution < -0.4 is 10.6 Å². The Morgan fingerprint density at radius 3 is 2.34 bits per heavy atom. The molecule has 0 aromatic heterocycles. The van der Waals surface area contributed by atoms with Gasteiger partial charge in [-0.2, -0.15) is 0 Å². The van der Waals surface area contributed by atoms with Crippen LogP contribution in [0.2, 0.25) is 0 Å². The number of ketones is 1. The number of benzene rings is 2. The molecule has 2 amide bonds. The van der Waals surface area contributed by atoms with Gasteiger partial charge in [0.25, 0.3) is 0 Å². The van der Waals surface area contributed by atoms with Gasteiger partial charge in [-0.3, -0.25) is 14.4 Å². The predicted octanol–water partition coefficient (Wildman–Crippen LogP) is 3.35. The van der Waals surface area contributed by atoms with Crippen LogP contribution in [0.4, 0.5) is 11.4 Å². The minimum atomic E-state index is -0.657. The van der Waals surface area contributed by atoms with Gasteiger partial charge in [-0.05, 0) is 36.8 Å². The lowest BCUT2D eigenvalue weighted by atomic mass is 10.1. The molecule has 2 aromatic carbocycles. The molecule has 0 atom stereocenters. The molecule has 0 aliphatic heterocycles. The topological polar surface area (TPSA) is 102 Å². The highest BCUT2D eigenvalue weighted by Crippen LogP contribution is 2.22. The minimum absolute atomic E-state index is 0.171. The Morgan fingerprint density at radius 1 is 0.966 bits per heavy atom. The highest BCUT2D eigenvalue weighted by molar-refractivity contribution is 6.07. The van der Waals surface area contributed by atoms with Crippen molar-refractivity contribution in [1.82, 2.24) is 0 Å². The summed E-state index contributed by atoms with van der Waals surface area (Å²) in [4.78, 5) is 47.0. The lowest BCUT2D eigenvalue weighted by Crippen LogP contribution is -2.17. The maximum atomic E-state index is 12.5. The van der Waals surface area contributed by atoms with Crippen molar-refractivity contribution in [2.45, 2.75) is 20.8 Å². The van der Waals surface area contributed by atoms with Crippen molar-refractivity contribution < 1.29 is 23.9 Å². The molecule has 2 N–H and O–H groups in total. The molecule has 7 heteroatoms. The number of Topliss-reactive ketones (excluding diaryl/α,β-unsaturated/α-hetero) is 1. The van der Waals surface area contributed by atoms with Gasteiger partial charge < -0.3 is 15.4 Å². The number of ether oxygens (including phenoxy) is 1. The predicted molar refractivity (Wildman–Crippen MR) is 111 cm³/mol. The van der Waals surface area contributed by atoms with Crippen molar-refractivity contribution in [1.29, 1.82) is 0 Å². The molecule has 0 radical (unpaired) electrons. The number of esters is 1. The Bertz CT molecular complexity index is 979. The fourth-order valence-corrected chi connectivity index (χ4v) is 2.56. The number of hydrogen-bond acceptors (Lipinski definition) is 5. The Morgan fingerprint density at radius 2 is 1.69 bits per heavy atom. The second-order valence-corrected chi connectivity index (χ2v) is 6.40. The third-order valence-corrected chi connectivity index (χ3v) is 3.75. The summed E-state index contributed by atoms with van der Waals surface area (Å²) in [7, 11) is 0. The number of nitrogens with one attached hydrogen (secondary N) is 2. The first-order chi connectivity index (χ1) is 13.7. The quantitative estimate of drug-likeness (QED) is 0.426. The van der Waals surface area contributed by atoms with Gasteiger partial charge in [0, 0.05) is 31.2 Å². The van der Waals surface area contributed by atoms with E-state index >= 15 is 0 Å². The van der Waals surface area contributed by atoms with Crippen LogP contribution in [-0.4, -0.2) is 30.2 Å². The van der Waals surface area contributed by atoms with Gasteiger partial charge in [-0.1, -0.05) is 29.8 Å². The van der Waals surface area contributed by atoms with Crippen LogP contribution in [0.25, 0.3) is 6.08 Å². The highest BCUT2D eigenvalue weighted by atomic mass is 16.5. The number of anilines is 2. The third kappa shape index (κ3) is 7.06. The smallest absolute Gasteiger partial charge is 0.331 e. The molecule has 0 spiro atoms. The molecular formula is C22H22N2O5. The van der Waals surface area contributed by atoms with E-state index in [9.17, 15) is 19.2 Å². The Balaban J connectivity index is 2.06. The van der Waals surface area contributed by atoms with Crippen molar-refractivity contribution in [3.8, 4) is 0 Å². The van der Waals surface area contributed by atoms with E-state index in [0.29, 0.717) is 5.69 Å². The van der Waals surface area contributed by atoms with Gasteiger partial charge in [0.15, 0.2) is 6.61 Å². The molecular weight excluding hydrogens is 372 g/mol. The molecule has 2 aromatic rings. The summed E-state index contributed by atoms with van der Waals surface area (Å²) < 4.78 is 5.01. The van der Waals surface area contributed by atoms with E-state index in [4.69, 9.17) is 4.74 Å². The average molecular weight is 394 g/mol. The van der Waals surface area contributed by atoms with Crippen LogP contribution in [-0.2, 0) is 19.1 Å². The second-order valence-electron chi connectivity index (χ2n) is 6.40. The van der Waals surface area contributed by atoms with Gasteiger partial charge in [0.05, 0.1) is 5.69 Å². The van der Waals surface area contributed by atoms with Crippen LogP contribution >= 0.6 is 0 Å². The second kappa shape index (κ2) is 9.98. The normalized spacial score (nSPS) is 10.4. The van der Waals surface area contributed by atoms with Crippen molar-refractivity contribution in [3.63, 3.8) is 0 Å². The van der Waals surface area contributed by atoms with E-state index in [1.54, 1.807) is 6.08 Å². The monoisotopic (exact) mass is 394 g/mol. The lowest BCUT2D eigenvalue weighted by molar-refractivity contribution is -0.136. The largest absolute Gasteiger partial charge is 0.454 e. The van der Waals surface area contributed by atoms with E-state index in [1.807, 2.05) is 31.2 Å². The number of carbonyl (C=O) groups excluding carboxylic acids is 4. The number of aryl methyl sites for hydroxylation is 1. The van der Waals surface area contributed by atoms with Crippen LogP contribution in [0, 0.1) is 6.92 Å². The van der Waals surface area contributed by atoms with Gasteiger partial charge in [-0.25, -0.2) is 4.79 Å². The summed E-state index contributed by atoms with van der Waals surface area (Å²) in [6.07, 6.45) is 2.85. The van der Waals surface area contributed by atoms with E-state index in [2.05, 4.69) is 10.6 Å². The first-order valence-electron chi connectivity index (χ1n) is 8.88. The number of hydrogen-bond donors (Lipinski definition) is 2. The average Bonchev–Trinajstić information content (AvgIpc) is 2.64. The zero-order valence-corrected chi connectivity index (χ0v) is 16.4. The summed E-state index contributed by atoms with van der Waals surface area (Å²) in [5.41, 5.74) is 2.72. The number of amides is 2. The Kier molecular flexibility index (Phi) is 7.42. The molecule has 0 saturated carbocycles. The van der Waals surface area contributed by atoms with Crippen molar-refractivity contribution in [3.05, 3.63) is 65.2 Å². The lowest BCUT2D eigenvalue weighted by Gasteiger charge is -2.12. The summed E-state index contributed by atoms with van der Waals surface area (Å²) in [6, 6.07) is 12.0. The molecule has 0 saturated heterocycles. The van der Waals surface area contributed by atoms with Gasteiger partial charge in [0.2, 0.25) is 17.6 Å². The summed E-state index contributed by atoms with van der Waals surface area (Å²) in [5.74, 6) is -1.81. The molecule has 0 aliphatic rings. The molecule has 7 nitrogen and oxygen atoms in total. The minimum Gasteiger partial charge on any atom is -0.454 e. The standard InChI is InChI=1S/C22H22N2O5/c1-14-5-4-6-17(11-14)7-10-22(28)29-13-21(27)19-9-8-18(23-15(2)25)12-20(19)24-16(3)26/h4-12H,13H2,1-3H3,(H,23,25)(H,24,26)/b10-7+. The zero-order valence-electron chi connectivity index (χ0n) is 16.4. The van der Waals surface area contributed by atoms with E-state index in [1.165, 1.54) is 38.1 Å².